The Bertz CT molecular complexity index is 44.8. The summed E-state index contributed by atoms with van der Waals surface area (Å²) in [7, 11) is 0. The van der Waals surface area contributed by atoms with E-state index in [0.29, 0.717) is 0 Å². The van der Waals surface area contributed by atoms with Crippen molar-refractivity contribution < 1.29 is 98.8 Å². The SMILES string of the molecule is N.O=C(O)O.[H-].[H-].[K+].[Na+]. The van der Waals surface area contributed by atoms with Gasteiger partial charge in [-0.1, -0.05) is 0 Å². The molecular weight excluding hydrogens is 136 g/mol. The molecule has 0 saturated heterocycles. The van der Waals surface area contributed by atoms with Gasteiger partial charge in [0.05, 0.1) is 0 Å². The van der Waals surface area contributed by atoms with Gasteiger partial charge in [-0.15, -0.1) is 0 Å². The van der Waals surface area contributed by atoms with E-state index in [1.165, 1.54) is 0 Å². The van der Waals surface area contributed by atoms with Gasteiger partial charge in [0.15, 0.2) is 0 Å². The number of hydrogen-bond donors (Lipinski definition) is 3. The number of carboxylic acid groups (broad SMARTS) is 2. The van der Waals surface area contributed by atoms with Gasteiger partial charge in [-0.3, -0.25) is 0 Å². The molecule has 0 aliphatic heterocycles. The average molecular weight is 143 g/mol. The van der Waals surface area contributed by atoms with E-state index < -0.39 is 6.16 Å². The van der Waals surface area contributed by atoms with E-state index in [9.17, 15) is 0 Å². The minimum absolute atomic E-state index is 0. The molecule has 0 aliphatic carbocycles. The first kappa shape index (κ1) is 23.2. The summed E-state index contributed by atoms with van der Waals surface area (Å²) >= 11 is 0. The van der Waals surface area contributed by atoms with Crippen LogP contribution in [0.25, 0.3) is 0 Å². The van der Waals surface area contributed by atoms with Crippen LogP contribution < -0.4 is 87.1 Å². The molecule has 7 heavy (non-hydrogen) atoms. The summed E-state index contributed by atoms with van der Waals surface area (Å²) < 4.78 is 0. The van der Waals surface area contributed by atoms with Gasteiger partial charge in [0, 0.05) is 0 Å². The molecule has 5 N–H and O–H groups in total. The van der Waals surface area contributed by atoms with E-state index in [1.807, 2.05) is 0 Å². The molecule has 0 unspecified atom stereocenters. The topological polar surface area (TPSA) is 92.5 Å². The maximum absolute atomic E-state index is 8.56. The summed E-state index contributed by atoms with van der Waals surface area (Å²) in [5, 5.41) is 13.9. The van der Waals surface area contributed by atoms with Crippen LogP contribution in [0.5, 0.6) is 0 Å². The maximum Gasteiger partial charge on any atom is 1.00 e. The minimum atomic E-state index is -1.83. The summed E-state index contributed by atoms with van der Waals surface area (Å²) in [5.41, 5.74) is 0. The standard InChI is InChI=1S/CH2O3.K.H3N.Na.2H/c2-1(3)4;;;;;/h(H2,2,3,4);;1H3;;;/q;+1;;+1;2*-1. The molecule has 0 saturated carbocycles. The third-order valence-corrected chi connectivity index (χ3v) is 0. The Hall–Kier alpha value is 1.87. The largest absolute Gasteiger partial charge is 1.00 e. The van der Waals surface area contributed by atoms with Gasteiger partial charge in [-0.2, -0.15) is 0 Å². The van der Waals surface area contributed by atoms with Crippen LogP contribution in [0, 0.1) is 0 Å². The van der Waals surface area contributed by atoms with Crippen molar-refractivity contribution in [3.8, 4) is 0 Å². The summed E-state index contributed by atoms with van der Waals surface area (Å²) in [6.07, 6.45) is -1.83. The average Bonchev–Trinajstić information content (AvgIpc) is 0.811. The summed E-state index contributed by atoms with van der Waals surface area (Å²) in [6, 6.07) is 0. The van der Waals surface area contributed by atoms with Crippen LogP contribution in [-0.4, -0.2) is 16.4 Å². The van der Waals surface area contributed by atoms with E-state index in [1.54, 1.807) is 0 Å². The van der Waals surface area contributed by atoms with E-state index in [2.05, 4.69) is 0 Å². The Kier molecular flexibility index (Phi) is 51.8. The first-order valence-electron chi connectivity index (χ1n) is 0.651. The molecule has 0 aromatic rings. The molecule has 0 radical (unpaired) electrons. The third kappa shape index (κ3) is 77.7. The zero-order valence-electron chi connectivity index (χ0n) is 6.51. The molecule has 0 aliphatic rings. The fraction of sp³-hybridized carbons (Fsp3) is 0. The Morgan fingerprint density at radius 1 is 1.43 bits per heavy atom. The molecule has 0 atom stereocenters. The van der Waals surface area contributed by atoms with Gasteiger partial charge in [0.25, 0.3) is 0 Å². The number of hydrogen-bond acceptors (Lipinski definition) is 2. The second-order valence-electron chi connectivity index (χ2n) is 0.283. The second kappa shape index (κ2) is 15.7. The molecular formula is CH7KNNaO3. The molecule has 0 bridgehead atoms. The molecule has 0 fully saturated rings. The molecule has 4 nitrogen and oxygen atoms in total. The van der Waals surface area contributed by atoms with Crippen LogP contribution in [0.4, 0.5) is 4.79 Å². The molecule has 36 valence electrons. The smallest absolute Gasteiger partial charge is 1.00 e. The summed E-state index contributed by atoms with van der Waals surface area (Å²) in [5.74, 6) is 0. The van der Waals surface area contributed by atoms with Gasteiger partial charge >= 0.3 is 87.1 Å². The zero-order valence-corrected chi connectivity index (χ0v) is 9.63. The van der Waals surface area contributed by atoms with Crippen molar-refractivity contribution in [3.63, 3.8) is 0 Å². The van der Waals surface area contributed by atoms with Gasteiger partial charge in [-0.05, 0) is 0 Å². The van der Waals surface area contributed by atoms with Crippen molar-refractivity contribution >= 4 is 6.16 Å². The van der Waals surface area contributed by atoms with E-state index >= 15 is 0 Å². The fourth-order valence-electron chi connectivity index (χ4n) is 0. The maximum atomic E-state index is 8.56. The zero-order chi connectivity index (χ0) is 3.58. The Morgan fingerprint density at radius 3 is 1.43 bits per heavy atom. The third-order valence-electron chi connectivity index (χ3n) is 0. The summed E-state index contributed by atoms with van der Waals surface area (Å²) in [6.45, 7) is 0. The van der Waals surface area contributed by atoms with Crippen molar-refractivity contribution in [2.45, 2.75) is 0 Å². The van der Waals surface area contributed by atoms with Crippen LogP contribution in [-0.2, 0) is 0 Å². The molecule has 0 aromatic heterocycles. The molecule has 0 aromatic carbocycles. The van der Waals surface area contributed by atoms with Crippen LogP contribution in [0.15, 0.2) is 0 Å². The molecule has 0 rings (SSSR count). The first-order chi connectivity index (χ1) is 1.73. The first-order valence-corrected chi connectivity index (χ1v) is 0.651. The van der Waals surface area contributed by atoms with Gasteiger partial charge in [0.2, 0.25) is 0 Å². The van der Waals surface area contributed by atoms with Gasteiger partial charge in [0.1, 0.15) is 0 Å². The van der Waals surface area contributed by atoms with Crippen LogP contribution >= 0.6 is 0 Å². The van der Waals surface area contributed by atoms with Gasteiger partial charge in [-0.25, -0.2) is 4.79 Å². The van der Waals surface area contributed by atoms with Crippen molar-refractivity contribution in [2.24, 2.45) is 0 Å². The molecule has 6 heteroatoms. The van der Waals surface area contributed by atoms with Crippen molar-refractivity contribution in [1.82, 2.24) is 6.15 Å². The monoisotopic (exact) mass is 143 g/mol. The van der Waals surface area contributed by atoms with E-state index in [0.717, 1.165) is 0 Å². The summed E-state index contributed by atoms with van der Waals surface area (Å²) in [4.78, 5) is 8.56. The van der Waals surface area contributed by atoms with Gasteiger partial charge < -0.3 is 19.2 Å². The molecule has 0 heterocycles. The van der Waals surface area contributed by atoms with E-state index in [-0.39, 0.29) is 89.9 Å². The van der Waals surface area contributed by atoms with Crippen molar-refractivity contribution in [2.75, 3.05) is 0 Å². The predicted octanol–water partition coefficient (Wildman–Crippen LogP) is -5.38. The van der Waals surface area contributed by atoms with Crippen LogP contribution in [0.3, 0.4) is 0 Å². The second-order valence-corrected chi connectivity index (χ2v) is 0.283. The number of rotatable bonds is 0. The van der Waals surface area contributed by atoms with Crippen LogP contribution in [0.1, 0.15) is 2.85 Å². The Labute approximate surface area is 109 Å². The van der Waals surface area contributed by atoms with Crippen molar-refractivity contribution in [3.05, 3.63) is 0 Å². The van der Waals surface area contributed by atoms with Crippen molar-refractivity contribution in [1.29, 1.82) is 0 Å². The predicted molar refractivity (Wildman–Crippen MR) is 17.9 cm³/mol. The normalized spacial score (nSPS) is 3.43. The molecule has 0 amide bonds. The Balaban J connectivity index is -0.00000000450. The quantitative estimate of drug-likeness (QED) is 0.295. The Morgan fingerprint density at radius 2 is 1.43 bits per heavy atom. The number of carbonyl (C=O) groups is 1. The fourth-order valence-corrected chi connectivity index (χ4v) is 0. The molecule has 0 spiro atoms. The van der Waals surface area contributed by atoms with Crippen LogP contribution in [0.2, 0.25) is 0 Å². The van der Waals surface area contributed by atoms with E-state index in [4.69, 9.17) is 15.0 Å². The minimum Gasteiger partial charge on any atom is -1.00 e.